The lowest BCUT2D eigenvalue weighted by atomic mass is 10.1. The maximum atomic E-state index is 12.1. The molecule has 3 rings (SSSR count). The van der Waals surface area contributed by atoms with E-state index in [-0.39, 0.29) is 17.9 Å². The van der Waals surface area contributed by atoms with Gasteiger partial charge in [0, 0.05) is 5.39 Å². The van der Waals surface area contributed by atoms with Crippen molar-refractivity contribution < 1.29 is 14.1 Å². The number of pyridine rings is 1. The average Bonchev–Trinajstić information content (AvgIpc) is 2.83. The Kier molecular flexibility index (Phi) is 3.50. The van der Waals surface area contributed by atoms with Crippen molar-refractivity contribution in [3.05, 3.63) is 63.4 Å². The lowest BCUT2D eigenvalue weighted by molar-refractivity contribution is 0.0464. The van der Waals surface area contributed by atoms with Gasteiger partial charge in [0.05, 0.1) is 11.3 Å². The third kappa shape index (κ3) is 2.50. The van der Waals surface area contributed by atoms with Gasteiger partial charge in [0.1, 0.15) is 18.1 Å². The molecule has 0 radical (unpaired) electrons. The number of hydrogen-bond donors (Lipinski definition) is 1. The Balaban J connectivity index is 1.85. The molecule has 1 N–H and O–H groups in total. The topological polar surface area (TPSA) is 85.2 Å². The van der Waals surface area contributed by atoms with Crippen LogP contribution in [0, 0.1) is 13.8 Å². The van der Waals surface area contributed by atoms with Gasteiger partial charge >= 0.3 is 5.97 Å². The summed E-state index contributed by atoms with van der Waals surface area (Å²) in [5, 5.41) is 5.02. The number of ether oxygens (including phenoxy) is 1. The Bertz CT molecular complexity index is 888. The molecule has 2 aromatic heterocycles. The van der Waals surface area contributed by atoms with Gasteiger partial charge in [-0.1, -0.05) is 23.4 Å². The minimum atomic E-state index is -0.595. The van der Waals surface area contributed by atoms with Crippen molar-refractivity contribution in [2.75, 3.05) is 0 Å². The highest BCUT2D eigenvalue weighted by Gasteiger charge is 2.14. The van der Waals surface area contributed by atoms with E-state index in [1.807, 2.05) is 0 Å². The third-order valence-electron chi connectivity index (χ3n) is 3.50. The van der Waals surface area contributed by atoms with E-state index in [1.165, 1.54) is 0 Å². The summed E-state index contributed by atoms with van der Waals surface area (Å²) in [5.41, 5.74) is 1.21. The summed E-state index contributed by atoms with van der Waals surface area (Å²) in [6.45, 7) is 3.58. The molecular weight excluding hydrogens is 284 g/mol. The number of benzene rings is 1. The van der Waals surface area contributed by atoms with Gasteiger partial charge in [-0.05, 0) is 31.4 Å². The number of rotatable bonds is 3. The number of aryl methyl sites for hydroxylation is 2. The van der Waals surface area contributed by atoms with E-state index < -0.39 is 5.97 Å². The van der Waals surface area contributed by atoms with Crippen molar-refractivity contribution in [1.29, 1.82) is 0 Å². The molecule has 0 saturated carbocycles. The summed E-state index contributed by atoms with van der Waals surface area (Å²) in [6, 6.07) is 8.66. The second-order valence-electron chi connectivity index (χ2n) is 4.98. The molecule has 0 fully saturated rings. The van der Waals surface area contributed by atoms with Crippen LogP contribution in [0.15, 0.2) is 39.6 Å². The standard InChI is InChI=1S/C16H14N2O4/c1-9-13(10(2)22-18-9)8-21-16(20)14-7-11-5-3-4-6-12(11)15(19)17-14/h3-7H,8H2,1-2H3,(H,17,19). The van der Waals surface area contributed by atoms with Crippen molar-refractivity contribution in [1.82, 2.24) is 10.1 Å². The summed E-state index contributed by atoms with van der Waals surface area (Å²) >= 11 is 0. The van der Waals surface area contributed by atoms with Gasteiger partial charge < -0.3 is 14.2 Å². The highest BCUT2D eigenvalue weighted by atomic mass is 16.5. The Morgan fingerprint density at radius 2 is 2.09 bits per heavy atom. The lowest BCUT2D eigenvalue weighted by Gasteiger charge is -2.05. The molecule has 2 heterocycles. The number of hydrogen-bond acceptors (Lipinski definition) is 5. The molecule has 6 nitrogen and oxygen atoms in total. The summed E-state index contributed by atoms with van der Waals surface area (Å²) in [7, 11) is 0. The van der Waals surface area contributed by atoms with Crippen molar-refractivity contribution in [2.45, 2.75) is 20.5 Å². The predicted octanol–water partition coefficient (Wildman–Crippen LogP) is 2.49. The first kappa shape index (κ1) is 14.1. The molecule has 0 saturated heterocycles. The molecule has 0 bridgehead atoms. The molecule has 1 aromatic carbocycles. The van der Waals surface area contributed by atoms with Crippen LogP contribution in [0.3, 0.4) is 0 Å². The predicted molar refractivity (Wildman–Crippen MR) is 79.7 cm³/mol. The zero-order valence-electron chi connectivity index (χ0n) is 12.2. The van der Waals surface area contributed by atoms with Crippen molar-refractivity contribution in [3.63, 3.8) is 0 Å². The van der Waals surface area contributed by atoms with Crippen molar-refractivity contribution >= 4 is 16.7 Å². The molecule has 6 heteroatoms. The fraction of sp³-hybridized carbons (Fsp3) is 0.188. The molecule has 0 aliphatic rings. The molecule has 0 amide bonds. The highest BCUT2D eigenvalue weighted by Crippen LogP contribution is 2.15. The average molecular weight is 298 g/mol. The minimum absolute atomic E-state index is 0.0505. The van der Waals surface area contributed by atoms with Crippen LogP contribution >= 0.6 is 0 Å². The van der Waals surface area contributed by atoms with Crippen LogP contribution in [-0.2, 0) is 11.3 Å². The van der Waals surface area contributed by atoms with Crippen LogP contribution in [0.25, 0.3) is 10.8 Å². The van der Waals surface area contributed by atoms with E-state index in [0.29, 0.717) is 22.2 Å². The van der Waals surface area contributed by atoms with Gasteiger partial charge in [-0.25, -0.2) is 4.79 Å². The minimum Gasteiger partial charge on any atom is -0.456 e. The third-order valence-corrected chi connectivity index (χ3v) is 3.50. The summed E-state index contributed by atoms with van der Waals surface area (Å²) in [5.74, 6) is 0.0140. The first-order valence-electron chi connectivity index (χ1n) is 6.77. The zero-order chi connectivity index (χ0) is 15.7. The van der Waals surface area contributed by atoms with Gasteiger partial charge in [-0.3, -0.25) is 4.79 Å². The number of aromatic nitrogens is 2. The van der Waals surface area contributed by atoms with Gasteiger partial charge in [-0.2, -0.15) is 0 Å². The zero-order valence-corrected chi connectivity index (χ0v) is 12.2. The number of nitrogens with zero attached hydrogens (tertiary/aromatic N) is 1. The number of aromatic amines is 1. The summed E-state index contributed by atoms with van der Waals surface area (Å²) in [4.78, 5) is 26.6. The Hall–Kier alpha value is -2.89. The quantitative estimate of drug-likeness (QED) is 0.751. The number of esters is 1. The second kappa shape index (κ2) is 5.48. The lowest BCUT2D eigenvalue weighted by Crippen LogP contribution is -2.15. The van der Waals surface area contributed by atoms with Crippen LogP contribution in [0.1, 0.15) is 27.5 Å². The fourth-order valence-electron chi connectivity index (χ4n) is 2.24. The van der Waals surface area contributed by atoms with E-state index in [2.05, 4.69) is 10.1 Å². The van der Waals surface area contributed by atoms with Crippen LogP contribution in [-0.4, -0.2) is 16.1 Å². The molecule has 0 aliphatic carbocycles. The summed E-state index contributed by atoms with van der Waals surface area (Å²) in [6.07, 6.45) is 0. The normalized spacial score (nSPS) is 10.8. The van der Waals surface area contributed by atoms with Crippen molar-refractivity contribution in [3.8, 4) is 0 Å². The molecule has 22 heavy (non-hydrogen) atoms. The van der Waals surface area contributed by atoms with Crippen LogP contribution in [0.2, 0.25) is 0 Å². The van der Waals surface area contributed by atoms with Gasteiger partial charge in [0.15, 0.2) is 0 Å². The molecule has 0 unspecified atom stereocenters. The number of carbonyl (C=O) groups is 1. The van der Waals surface area contributed by atoms with E-state index in [9.17, 15) is 9.59 Å². The van der Waals surface area contributed by atoms with Crippen LogP contribution in [0.5, 0.6) is 0 Å². The monoisotopic (exact) mass is 298 g/mol. The maximum Gasteiger partial charge on any atom is 0.355 e. The number of nitrogens with one attached hydrogen (secondary N) is 1. The second-order valence-corrected chi connectivity index (χ2v) is 4.98. The Morgan fingerprint density at radius 1 is 1.32 bits per heavy atom. The van der Waals surface area contributed by atoms with E-state index in [4.69, 9.17) is 9.26 Å². The molecule has 0 spiro atoms. The molecule has 0 atom stereocenters. The first-order chi connectivity index (χ1) is 10.6. The Labute approximate surface area is 125 Å². The van der Waals surface area contributed by atoms with E-state index >= 15 is 0 Å². The van der Waals surface area contributed by atoms with Crippen LogP contribution < -0.4 is 5.56 Å². The SMILES string of the molecule is Cc1noc(C)c1COC(=O)c1cc2ccccc2c(=O)[nH]1. The molecule has 3 aromatic rings. The van der Waals surface area contributed by atoms with Crippen molar-refractivity contribution in [2.24, 2.45) is 0 Å². The van der Waals surface area contributed by atoms with Gasteiger partial charge in [-0.15, -0.1) is 0 Å². The van der Waals surface area contributed by atoms with Gasteiger partial charge in [0.2, 0.25) is 0 Å². The highest BCUT2D eigenvalue weighted by molar-refractivity contribution is 5.92. The van der Waals surface area contributed by atoms with E-state index in [1.54, 1.807) is 44.2 Å². The molecule has 112 valence electrons. The fourth-order valence-corrected chi connectivity index (χ4v) is 2.24. The summed E-state index contributed by atoms with van der Waals surface area (Å²) < 4.78 is 10.2. The molecule has 0 aliphatic heterocycles. The number of H-pyrrole nitrogens is 1. The number of carbonyl (C=O) groups excluding carboxylic acids is 1. The first-order valence-corrected chi connectivity index (χ1v) is 6.77. The Morgan fingerprint density at radius 3 is 2.82 bits per heavy atom. The number of fused-ring (bicyclic) bond motifs is 1. The maximum absolute atomic E-state index is 12.1. The smallest absolute Gasteiger partial charge is 0.355 e. The largest absolute Gasteiger partial charge is 0.456 e. The van der Waals surface area contributed by atoms with Gasteiger partial charge in [0.25, 0.3) is 5.56 Å². The van der Waals surface area contributed by atoms with E-state index in [0.717, 1.165) is 5.56 Å². The molecular formula is C16H14N2O4. The van der Waals surface area contributed by atoms with Crippen LogP contribution in [0.4, 0.5) is 0 Å².